The Morgan fingerprint density at radius 3 is 2.24 bits per heavy atom. The van der Waals surface area contributed by atoms with Gasteiger partial charge >= 0.3 is 0 Å². The summed E-state index contributed by atoms with van der Waals surface area (Å²) in [6, 6.07) is 19.1. The number of para-hydroxylation sites is 1. The lowest BCUT2D eigenvalue weighted by molar-refractivity contribution is -0.121. The van der Waals surface area contributed by atoms with Gasteiger partial charge in [0.1, 0.15) is 0 Å². The third kappa shape index (κ3) is 8.93. The highest BCUT2D eigenvalue weighted by atomic mass is 32.2. The maximum atomic E-state index is 12.1. The first-order valence-electron chi connectivity index (χ1n) is 9.67. The van der Waals surface area contributed by atoms with Crippen LogP contribution in [-0.4, -0.2) is 33.5 Å². The topological polar surface area (TPSA) is 87.3 Å². The molecule has 6 nitrogen and oxygen atoms in total. The van der Waals surface area contributed by atoms with Crippen molar-refractivity contribution in [2.75, 3.05) is 18.4 Å². The maximum absolute atomic E-state index is 12.1. The van der Waals surface area contributed by atoms with Gasteiger partial charge in [0.15, 0.2) is 0 Å². The van der Waals surface area contributed by atoms with Crippen molar-refractivity contribution in [1.29, 1.82) is 0 Å². The van der Waals surface area contributed by atoms with E-state index in [0.29, 0.717) is 12.5 Å². The third-order valence-electron chi connectivity index (χ3n) is 4.34. The molecule has 0 aliphatic heterocycles. The summed E-state index contributed by atoms with van der Waals surface area (Å²) >= 11 is 0. The summed E-state index contributed by atoms with van der Waals surface area (Å²) in [6.45, 7) is 4.68. The van der Waals surface area contributed by atoms with Gasteiger partial charge in [0.05, 0.1) is 0 Å². The van der Waals surface area contributed by atoms with Crippen LogP contribution in [0.3, 0.4) is 0 Å². The number of amides is 1. The van der Waals surface area contributed by atoms with Gasteiger partial charge in [-0.15, -0.1) is 0 Å². The van der Waals surface area contributed by atoms with Crippen LogP contribution >= 0.6 is 0 Å². The van der Waals surface area contributed by atoms with E-state index in [1.807, 2.05) is 60.7 Å². The molecule has 0 spiro atoms. The van der Waals surface area contributed by atoms with Crippen LogP contribution in [-0.2, 0) is 14.8 Å². The molecule has 0 aliphatic carbocycles. The van der Waals surface area contributed by atoms with E-state index in [0.717, 1.165) is 16.7 Å². The lowest BCUT2D eigenvalue weighted by atomic mass is 10.0. The number of hydrogen-bond acceptors (Lipinski definition) is 4. The second-order valence-corrected chi connectivity index (χ2v) is 8.72. The average Bonchev–Trinajstić information content (AvgIpc) is 2.71. The Morgan fingerprint density at radius 1 is 1.00 bits per heavy atom. The molecule has 2 aromatic carbocycles. The zero-order valence-corrected chi connectivity index (χ0v) is 17.7. The third-order valence-corrected chi connectivity index (χ3v) is 5.45. The van der Waals surface area contributed by atoms with E-state index in [-0.39, 0.29) is 24.9 Å². The van der Waals surface area contributed by atoms with Gasteiger partial charge in [0.2, 0.25) is 15.9 Å². The van der Waals surface area contributed by atoms with Crippen molar-refractivity contribution in [3.63, 3.8) is 0 Å². The molecule has 2 aromatic rings. The van der Waals surface area contributed by atoms with Crippen molar-refractivity contribution >= 4 is 27.7 Å². The highest BCUT2D eigenvalue weighted by Gasteiger charge is 2.15. The number of anilines is 1. The Kier molecular flexibility index (Phi) is 8.89. The van der Waals surface area contributed by atoms with Gasteiger partial charge in [0.25, 0.3) is 0 Å². The molecule has 2 rings (SSSR count). The molecule has 0 saturated carbocycles. The fourth-order valence-corrected chi connectivity index (χ4v) is 3.42. The Balaban J connectivity index is 1.74. The monoisotopic (exact) mass is 415 g/mol. The molecule has 0 fully saturated rings. The molecule has 1 unspecified atom stereocenters. The Hall–Kier alpha value is -2.64. The predicted octanol–water partition coefficient (Wildman–Crippen LogP) is 3.22. The molecule has 1 atom stereocenters. The molecule has 0 bridgehead atoms. The standard InChI is InChI=1S/C22H29N3O3S/c1-18(2)21(25-20-11-7-4-8-12-20)17-23-22(26)13-15-24-29(27,28)16-14-19-9-5-3-6-10-19/h3-12,14,16,18,21,24-25H,13,15,17H2,1-2H3,(H,23,26)/b16-14+. The number of carbonyl (C=O) groups is 1. The van der Waals surface area contributed by atoms with Crippen LogP contribution in [0.15, 0.2) is 66.1 Å². The molecule has 7 heteroatoms. The van der Waals surface area contributed by atoms with E-state index in [2.05, 4.69) is 29.2 Å². The molecular weight excluding hydrogens is 386 g/mol. The Bertz CT molecular complexity index is 882. The second-order valence-electron chi connectivity index (χ2n) is 7.07. The van der Waals surface area contributed by atoms with Gasteiger partial charge in [-0.25, -0.2) is 13.1 Å². The Labute approximate surface area is 173 Å². The molecule has 1 amide bonds. The second kappa shape index (κ2) is 11.4. The fraction of sp³-hybridized carbons (Fsp3) is 0.318. The molecule has 0 radical (unpaired) electrons. The lowest BCUT2D eigenvalue weighted by Crippen LogP contribution is -2.40. The van der Waals surface area contributed by atoms with E-state index in [1.54, 1.807) is 0 Å². The van der Waals surface area contributed by atoms with Crippen molar-refractivity contribution in [1.82, 2.24) is 10.0 Å². The van der Waals surface area contributed by atoms with Crippen molar-refractivity contribution in [3.8, 4) is 0 Å². The predicted molar refractivity (Wildman–Crippen MR) is 119 cm³/mol. The molecule has 3 N–H and O–H groups in total. The average molecular weight is 416 g/mol. The number of hydrogen-bond donors (Lipinski definition) is 3. The minimum Gasteiger partial charge on any atom is -0.380 e. The maximum Gasteiger partial charge on any atom is 0.233 e. The summed E-state index contributed by atoms with van der Waals surface area (Å²) in [7, 11) is -3.58. The van der Waals surface area contributed by atoms with Crippen molar-refractivity contribution in [3.05, 3.63) is 71.6 Å². The first-order valence-corrected chi connectivity index (χ1v) is 11.2. The van der Waals surface area contributed by atoms with E-state index in [4.69, 9.17) is 0 Å². The normalized spacial score (nSPS) is 12.8. The van der Waals surface area contributed by atoms with Gasteiger partial charge in [-0.1, -0.05) is 62.4 Å². The van der Waals surface area contributed by atoms with Crippen LogP contribution in [0.5, 0.6) is 0 Å². The number of benzene rings is 2. The minimum absolute atomic E-state index is 0.0474. The van der Waals surface area contributed by atoms with Crippen LogP contribution in [0.25, 0.3) is 6.08 Å². The van der Waals surface area contributed by atoms with Gasteiger partial charge in [-0.05, 0) is 29.7 Å². The van der Waals surface area contributed by atoms with E-state index in [1.165, 1.54) is 6.08 Å². The smallest absolute Gasteiger partial charge is 0.233 e. The number of rotatable bonds is 11. The summed E-state index contributed by atoms with van der Waals surface area (Å²) < 4.78 is 26.4. The molecule has 0 heterocycles. The van der Waals surface area contributed by atoms with Crippen LogP contribution in [0.2, 0.25) is 0 Å². The van der Waals surface area contributed by atoms with E-state index >= 15 is 0 Å². The van der Waals surface area contributed by atoms with E-state index in [9.17, 15) is 13.2 Å². The molecule has 0 aromatic heterocycles. The largest absolute Gasteiger partial charge is 0.380 e. The van der Waals surface area contributed by atoms with Gasteiger partial charge in [0, 0.05) is 36.6 Å². The molecule has 156 valence electrons. The summed E-state index contributed by atoms with van der Waals surface area (Å²) in [5.41, 5.74) is 1.79. The SMILES string of the molecule is CC(C)C(CNC(=O)CCNS(=O)(=O)/C=C/c1ccccc1)Nc1ccccc1. The van der Waals surface area contributed by atoms with E-state index < -0.39 is 10.0 Å². The molecule has 0 aliphatic rings. The van der Waals surface area contributed by atoms with Crippen LogP contribution in [0.1, 0.15) is 25.8 Å². The highest BCUT2D eigenvalue weighted by Crippen LogP contribution is 2.11. The van der Waals surface area contributed by atoms with Gasteiger partial charge in [-0.2, -0.15) is 0 Å². The summed E-state index contributed by atoms with van der Waals surface area (Å²) in [4.78, 5) is 12.1. The van der Waals surface area contributed by atoms with Gasteiger partial charge < -0.3 is 10.6 Å². The molecule has 29 heavy (non-hydrogen) atoms. The Morgan fingerprint density at radius 2 is 1.62 bits per heavy atom. The minimum atomic E-state index is -3.58. The number of carbonyl (C=O) groups excluding carboxylic acids is 1. The first-order chi connectivity index (χ1) is 13.9. The lowest BCUT2D eigenvalue weighted by Gasteiger charge is -2.24. The highest BCUT2D eigenvalue weighted by molar-refractivity contribution is 7.92. The molecular formula is C22H29N3O3S. The van der Waals surface area contributed by atoms with Crippen LogP contribution < -0.4 is 15.4 Å². The van der Waals surface area contributed by atoms with Crippen molar-refractivity contribution in [2.45, 2.75) is 26.3 Å². The summed E-state index contributed by atoms with van der Waals surface area (Å²) in [5.74, 6) is 0.123. The van der Waals surface area contributed by atoms with Crippen molar-refractivity contribution in [2.24, 2.45) is 5.92 Å². The summed E-state index contributed by atoms with van der Waals surface area (Å²) in [6.07, 6.45) is 1.60. The number of sulfonamides is 1. The van der Waals surface area contributed by atoms with Gasteiger partial charge in [-0.3, -0.25) is 4.79 Å². The van der Waals surface area contributed by atoms with Crippen molar-refractivity contribution < 1.29 is 13.2 Å². The zero-order valence-electron chi connectivity index (χ0n) is 16.8. The van der Waals surface area contributed by atoms with Crippen LogP contribution in [0.4, 0.5) is 5.69 Å². The van der Waals surface area contributed by atoms with Crippen LogP contribution in [0, 0.1) is 5.92 Å². The zero-order chi connectivity index (χ0) is 21.1. The fourth-order valence-electron chi connectivity index (χ4n) is 2.60. The molecule has 0 saturated heterocycles. The quantitative estimate of drug-likeness (QED) is 0.526. The first kappa shape index (κ1) is 22.6. The summed E-state index contributed by atoms with van der Waals surface area (Å²) in [5, 5.41) is 7.40. The number of nitrogens with one attached hydrogen (secondary N) is 3.